The van der Waals surface area contributed by atoms with Crippen LogP contribution >= 0.6 is 27.5 Å². The monoisotopic (exact) mass is 598 g/mol. The Morgan fingerprint density at radius 3 is 2.34 bits per heavy atom. The van der Waals surface area contributed by atoms with Crippen LogP contribution in [0.15, 0.2) is 64.6 Å². The minimum atomic E-state index is -0.843. The maximum atomic E-state index is 13.1. The lowest BCUT2D eigenvalue weighted by Gasteiger charge is -2.26. The number of barbiturate groups is 1. The molecule has 1 N–H and O–H groups in total. The van der Waals surface area contributed by atoms with E-state index < -0.39 is 17.8 Å². The molecule has 4 amide bonds. The third-order valence-electron chi connectivity index (χ3n) is 5.83. The normalized spacial score (nSPS) is 14.5. The van der Waals surface area contributed by atoms with E-state index in [0.29, 0.717) is 33.2 Å². The number of nitrogens with zero attached hydrogens (tertiary/aromatic N) is 1. The van der Waals surface area contributed by atoms with E-state index in [-0.39, 0.29) is 17.9 Å². The van der Waals surface area contributed by atoms with Crippen molar-refractivity contribution in [1.82, 2.24) is 5.32 Å². The van der Waals surface area contributed by atoms with E-state index in [9.17, 15) is 14.4 Å². The highest BCUT2D eigenvalue weighted by molar-refractivity contribution is 9.10. The highest BCUT2D eigenvalue weighted by Crippen LogP contribution is 2.37. The minimum Gasteiger partial charge on any atom is -0.493 e. The first-order valence-electron chi connectivity index (χ1n) is 11.6. The summed E-state index contributed by atoms with van der Waals surface area (Å²) in [5.74, 6) is 0.0118. The molecule has 1 saturated heterocycles. The zero-order valence-electron chi connectivity index (χ0n) is 20.8. The molecule has 0 bridgehead atoms. The van der Waals surface area contributed by atoms with Crippen LogP contribution in [0.2, 0.25) is 5.02 Å². The average Bonchev–Trinajstić information content (AvgIpc) is 2.88. The van der Waals surface area contributed by atoms with Gasteiger partial charge < -0.3 is 14.2 Å². The van der Waals surface area contributed by atoms with Crippen molar-refractivity contribution in [3.05, 3.63) is 86.4 Å². The maximum absolute atomic E-state index is 13.1. The molecule has 0 radical (unpaired) electrons. The SMILES string of the molecule is COc1cc(/C=C2/C(=O)NC(=O)N(c3ccc(Cl)cc3)C2=O)cc(Br)c1OCCOc1ccc(C)c(C)c1. The summed E-state index contributed by atoms with van der Waals surface area (Å²) in [7, 11) is 1.48. The summed E-state index contributed by atoms with van der Waals surface area (Å²) in [6, 6.07) is 14.5. The van der Waals surface area contributed by atoms with Crippen LogP contribution in [-0.4, -0.2) is 38.2 Å². The van der Waals surface area contributed by atoms with Gasteiger partial charge in [-0.1, -0.05) is 17.7 Å². The fraction of sp³-hybridized carbons (Fsp3) is 0.179. The number of hydrogen-bond acceptors (Lipinski definition) is 6. The molecule has 10 heteroatoms. The highest BCUT2D eigenvalue weighted by Gasteiger charge is 2.36. The molecule has 1 aliphatic heterocycles. The predicted molar refractivity (Wildman–Crippen MR) is 148 cm³/mol. The third-order valence-corrected chi connectivity index (χ3v) is 6.67. The first kappa shape index (κ1) is 27.2. The van der Waals surface area contributed by atoms with E-state index in [1.54, 1.807) is 24.3 Å². The third kappa shape index (κ3) is 6.00. The van der Waals surface area contributed by atoms with Gasteiger partial charge in [-0.3, -0.25) is 14.9 Å². The molecule has 3 aromatic rings. The number of ether oxygens (including phenoxy) is 3. The van der Waals surface area contributed by atoms with Gasteiger partial charge in [0.05, 0.1) is 17.3 Å². The number of imide groups is 2. The summed E-state index contributed by atoms with van der Waals surface area (Å²) in [5.41, 5.74) is 2.87. The molecule has 0 aromatic heterocycles. The van der Waals surface area contributed by atoms with Crippen LogP contribution in [0.1, 0.15) is 16.7 Å². The first-order chi connectivity index (χ1) is 18.2. The zero-order valence-corrected chi connectivity index (χ0v) is 23.2. The van der Waals surface area contributed by atoms with E-state index in [2.05, 4.69) is 21.2 Å². The van der Waals surface area contributed by atoms with Gasteiger partial charge in [0.15, 0.2) is 11.5 Å². The number of amides is 4. The quantitative estimate of drug-likeness (QED) is 0.198. The van der Waals surface area contributed by atoms with Gasteiger partial charge >= 0.3 is 6.03 Å². The van der Waals surface area contributed by atoms with Gasteiger partial charge in [-0.2, -0.15) is 0 Å². The lowest BCUT2D eigenvalue weighted by Crippen LogP contribution is -2.54. The molecule has 196 valence electrons. The number of carbonyl (C=O) groups excluding carboxylic acids is 3. The topological polar surface area (TPSA) is 94.2 Å². The second-order valence-corrected chi connectivity index (χ2v) is 9.70. The Hall–Kier alpha value is -3.82. The summed E-state index contributed by atoms with van der Waals surface area (Å²) >= 11 is 9.39. The lowest BCUT2D eigenvalue weighted by molar-refractivity contribution is -0.122. The van der Waals surface area contributed by atoms with Crippen molar-refractivity contribution in [1.29, 1.82) is 0 Å². The Labute approximate surface area is 233 Å². The molecule has 0 aliphatic carbocycles. The fourth-order valence-corrected chi connectivity index (χ4v) is 4.42. The Bertz CT molecular complexity index is 1440. The van der Waals surface area contributed by atoms with Gasteiger partial charge in [-0.25, -0.2) is 9.69 Å². The van der Waals surface area contributed by atoms with Crippen LogP contribution in [0.5, 0.6) is 17.2 Å². The van der Waals surface area contributed by atoms with E-state index >= 15 is 0 Å². The molecule has 0 unspecified atom stereocenters. The van der Waals surface area contributed by atoms with Crippen molar-refractivity contribution in [2.75, 3.05) is 25.2 Å². The van der Waals surface area contributed by atoms with Gasteiger partial charge in [-0.05, 0) is 101 Å². The van der Waals surface area contributed by atoms with Gasteiger partial charge in [0.2, 0.25) is 0 Å². The summed E-state index contributed by atoms with van der Waals surface area (Å²) < 4.78 is 17.7. The summed E-state index contributed by atoms with van der Waals surface area (Å²) in [6.45, 7) is 4.63. The predicted octanol–water partition coefficient (Wildman–Crippen LogP) is 5.85. The Kier molecular flexibility index (Phi) is 8.38. The molecule has 3 aromatic carbocycles. The van der Waals surface area contributed by atoms with Crippen molar-refractivity contribution in [3.8, 4) is 17.2 Å². The van der Waals surface area contributed by atoms with Crippen molar-refractivity contribution in [2.24, 2.45) is 0 Å². The standard InChI is InChI=1S/C28H24BrClN2O6/c1-16-4-9-21(12-17(16)2)37-10-11-38-25-23(29)14-18(15-24(25)36-3)13-22-26(33)31-28(35)32(27(22)34)20-7-5-19(30)6-8-20/h4-9,12-15H,10-11H2,1-3H3,(H,31,33,35)/b22-13-. The Balaban J connectivity index is 1.51. The molecule has 8 nitrogen and oxygen atoms in total. The molecule has 4 rings (SSSR count). The second-order valence-electron chi connectivity index (χ2n) is 8.41. The number of rotatable bonds is 8. The number of anilines is 1. The van der Waals surface area contributed by atoms with Crippen molar-refractivity contribution in [3.63, 3.8) is 0 Å². The molecule has 1 aliphatic rings. The van der Waals surface area contributed by atoms with Crippen LogP contribution in [0.4, 0.5) is 10.5 Å². The van der Waals surface area contributed by atoms with E-state index in [1.807, 2.05) is 32.0 Å². The molecule has 0 spiro atoms. The van der Waals surface area contributed by atoms with E-state index in [1.165, 1.54) is 30.9 Å². The van der Waals surface area contributed by atoms with Crippen LogP contribution in [0, 0.1) is 13.8 Å². The first-order valence-corrected chi connectivity index (χ1v) is 12.7. The number of nitrogens with one attached hydrogen (secondary N) is 1. The minimum absolute atomic E-state index is 0.219. The number of methoxy groups -OCH3 is 1. The fourth-order valence-electron chi connectivity index (χ4n) is 3.72. The molecule has 38 heavy (non-hydrogen) atoms. The lowest BCUT2D eigenvalue weighted by atomic mass is 10.1. The van der Waals surface area contributed by atoms with Crippen molar-refractivity contribution < 1.29 is 28.6 Å². The number of benzene rings is 3. The molecule has 0 saturated carbocycles. The summed E-state index contributed by atoms with van der Waals surface area (Å²) in [4.78, 5) is 39.0. The second kappa shape index (κ2) is 11.7. The van der Waals surface area contributed by atoms with Crippen LogP contribution < -0.4 is 24.4 Å². The van der Waals surface area contributed by atoms with Gasteiger partial charge in [0, 0.05) is 5.02 Å². The van der Waals surface area contributed by atoms with Crippen molar-refractivity contribution >= 4 is 57.1 Å². The maximum Gasteiger partial charge on any atom is 0.335 e. The number of halogens is 2. The number of urea groups is 1. The number of aryl methyl sites for hydroxylation is 2. The Morgan fingerprint density at radius 1 is 0.947 bits per heavy atom. The molecular weight excluding hydrogens is 576 g/mol. The smallest absolute Gasteiger partial charge is 0.335 e. The summed E-state index contributed by atoms with van der Waals surface area (Å²) in [5, 5.41) is 2.64. The number of hydrogen-bond donors (Lipinski definition) is 1. The molecular formula is C28H24BrClN2O6. The highest BCUT2D eigenvalue weighted by atomic mass is 79.9. The Morgan fingerprint density at radius 2 is 1.66 bits per heavy atom. The van der Waals surface area contributed by atoms with Crippen LogP contribution in [-0.2, 0) is 9.59 Å². The van der Waals surface area contributed by atoms with Gasteiger partial charge in [0.1, 0.15) is 24.5 Å². The molecule has 1 heterocycles. The van der Waals surface area contributed by atoms with Crippen LogP contribution in [0.25, 0.3) is 6.08 Å². The average molecular weight is 600 g/mol. The molecule has 0 atom stereocenters. The van der Waals surface area contributed by atoms with Gasteiger partial charge in [0.25, 0.3) is 11.8 Å². The largest absolute Gasteiger partial charge is 0.493 e. The van der Waals surface area contributed by atoms with Gasteiger partial charge in [-0.15, -0.1) is 0 Å². The van der Waals surface area contributed by atoms with Crippen LogP contribution in [0.3, 0.4) is 0 Å². The van der Waals surface area contributed by atoms with E-state index in [0.717, 1.165) is 16.2 Å². The van der Waals surface area contributed by atoms with E-state index in [4.69, 9.17) is 25.8 Å². The van der Waals surface area contributed by atoms with Crippen molar-refractivity contribution in [2.45, 2.75) is 13.8 Å². The molecule has 1 fully saturated rings. The zero-order chi connectivity index (χ0) is 27.4. The summed E-state index contributed by atoms with van der Waals surface area (Å²) in [6.07, 6.45) is 1.38. The number of carbonyl (C=O) groups is 3.